The number of amides is 4. The number of methoxy groups -OCH3 is 1. The minimum absolute atomic E-state index is 0.0474. The summed E-state index contributed by atoms with van der Waals surface area (Å²) in [5, 5.41) is 11.7. The fourth-order valence-corrected chi connectivity index (χ4v) is 5.40. The van der Waals surface area contributed by atoms with Crippen molar-refractivity contribution in [3.05, 3.63) is 71.8 Å². The zero-order chi connectivity index (χ0) is 31.2. The summed E-state index contributed by atoms with van der Waals surface area (Å²) in [6.45, 7) is 3.27. The third-order valence-electron chi connectivity index (χ3n) is 8.05. The summed E-state index contributed by atoms with van der Waals surface area (Å²) in [4.78, 5) is 53.3. The molecule has 0 bridgehead atoms. The number of hydrogen-bond donors (Lipinski definition) is 4. The van der Waals surface area contributed by atoms with Gasteiger partial charge in [0, 0.05) is 19.6 Å². The van der Waals surface area contributed by atoms with E-state index in [0.29, 0.717) is 69.7 Å². The van der Waals surface area contributed by atoms with Crippen LogP contribution >= 0.6 is 0 Å². The van der Waals surface area contributed by atoms with Crippen molar-refractivity contribution in [1.29, 1.82) is 0 Å². The second kappa shape index (κ2) is 16.5. The van der Waals surface area contributed by atoms with Gasteiger partial charge in [-0.05, 0) is 81.1 Å². The van der Waals surface area contributed by atoms with E-state index in [2.05, 4.69) is 26.2 Å². The molecule has 4 N–H and O–H groups in total. The Hall–Kier alpha value is -4.38. The second-order valence-electron chi connectivity index (χ2n) is 11.1. The van der Waals surface area contributed by atoms with Crippen molar-refractivity contribution in [1.82, 2.24) is 26.2 Å². The van der Waals surface area contributed by atoms with Crippen molar-refractivity contribution in [3.63, 3.8) is 0 Å². The first-order valence-corrected chi connectivity index (χ1v) is 15.2. The Morgan fingerprint density at radius 1 is 0.977 bits per heavy atom. The number of carbonyl (C=O) groups excluding carboxylic acids is 4. The number of para-hydroxylation sites is 1. The molecular formula is C33H43N5O6. The lowest BCUT2D eigenvalue weighted by atomic mass is 9.74. The normalized spacial score (nSPS) is 19.2. The van der Waals surface area contributed by atoms with E-state index in [0.717, 1.165) is 17.7 Å². The SMILES string of the molecule is COc1ccc(CCNC(=O)CN2CCC3(C/C=C/C(=O)NCCOc4ccccc4C(=O)NCCCNC3=O)CC2)cc1. The topological polar surface area (TPSA) is 138 Å². The van der Waals surface area contributed by atoms with E-state index in [1.807, 2.05) is 24.3 Å². The summed E-state index contributed by atoms with van der Waals surface area (Å²) in [7, 11) is 1.63. The first kappa shape index (κ1) is 32.5. The maximum Gasteiger partial charge on any atom is 0.255 e. The quantitative estimate of drug-likeness (QED) is 0.394. The smallest absolute Gasteiger partial charge is 0.255 e. The first-order chi connectivity index (χ1) is 21.4. The van der Waals surface area contributed by atoms with Crippen LogP contribution in [0, 0.1) is 5.41 Å². The Labute approximate surface area is 258 Å². The van der Waals surface area contributed by atoms with Gasteiger partial charge in [0.25, 0.3) is 5.91 Å². The molecule has 0 aliphatic carbocycles. The highest BCUT2D eigenvalue weighted by Crippen LogP contribution is 2.36. The van der Waals surface area contributed by atoms with Gasteiger partial charge < -0.3 is 30.7 Å². The third-order valence-corrected chi connectivity index (χ3v) is 8.05. The molecule has 11 nitrogen and oxygen atoms in total. The standard InChI is InChI=1S/C33H43N5O6/c1-43-26-11-9-25(10-12-26)13-19-34-30(40)24-38-21-15-33(16-22-38)14-4-8-29(39)35-20-23-44-28-7-3-2-6-27(28)31(41)36-17-5-18-37-32(33)42/h2-4,6-12H,5,13-24H2,1H3,(H,34,40)(H,35,39)(H,36,41)(H,37,42)/b8-4+. The Balaban J connectivity index is 1.29. The van der Waals surface area contributed by atoms with Gasteiger partial charge in [-0.1, -0.05) is 30.3 Å². The predicted octanol–water partition coefficient (Wildman–Crippen LogP) is 1.83. The van der Waals surface area contributed by atoms with Gasteiger partial charge >= 0.3 is 0 Å². The van der Waals surface area contributed by atoms with E-state index in [-0.39, 0.29) is 43.3 Å². The molecular weight excluding hydrogens is 562 g/mol. The van der Waals surface area contributed by atoms with Crippen molar-refractivity contribution in [3.8, 4) is 11.5 Å². The van der Waals surface area contributed by atoms with Gasteiger partial charge in [0.2, 0.25) is 17.7 Å². The molecule has 0 aromatic heterocycles. The van der Waals surface area contributed by atoms with Crippen LogP contribution in [0.3, 0.4) is 0 Å². The molecule has 0 unspecified atom stereocenters. The largest absolute Gasteiger partial charge is 0.497 e. The van der Waals surface area contributed by atoms with E-state index in [1.54, 1.807) is 37.5 Å². The molecule has 0 atom stereocenters. The van der Waals surface area contributed by atoms with Crippen molar-refractivity contribution in [2.75, 3.05) is 59.5 Å². The van der Waals surface area contributed by atoms with Crippen LogP contribution < -0.4 is 30.7 Å². The van der Waals surface area contributed by atoms with Gasteiger partial charge in [-0.25, -0.2) is 0 Å². The van der Waals surface area contributed by atoms with Gasteiger partial charge in [0.15, 0.2) is 0 Å². The number of carbonyl (C=O) groups is 4. The summed E-state index contributed by atoms with van der Waals surface area (Å²) in [6, 6.07) is 14.7. The lowest BCUT2D eigenvalue weighted by molar-refractivity contribution is -0.134. The average molecular weight is 606 g/mol. The molecule has 44 heavy (non-hydrogen) atoms. The number of allylic oxidation sites excluding steroid dienone is 1. The van der Waals surface area contributed by atoms with Crippen LogP contribution in [0.5, 0.6) is 11.5 Å². The number of ether oxygens (including phenoxy) is 2. The highest BCUT2D eigenvalue weighted by Gasteiger charge is 2.40. The summed E-state index contributed by atoms with van der Waals surface area (Å²) in [5.74, 6) is 0.593. The zero-order valence-corrected chi connectivity index (χ0v) is 25.4. The van der Waals surface area contributed by atoms with Crippen molar-refractivity contribution in [2.24, 2.45) is 5.41 Å². The number of piperidine rings is 1. The molecule has 2 aliphatic heterocycles. The monoisotopic (exact) mass is 605 g/mol. The molecule has 2 aliphatic rings. The Morgan fingerprint density at radius 3 is 2.50 bits per heavy atom. The molecule has 0 radical (unpaired) electrons. The number of fused-ring (bicyclic) bond motifs is 1. The Bertz CT molecular complexity index is 1300. The molecule has 2 heterocycles. The number of likely N-dealkylation sites (tertiary alicyclic amines) is 1. The van der Waals surface area contributed by atoms with Crippen molar-refractivity contribution in [2.45, 2.75) is 32.1 Å². The van der Waals surface area contributed by atoms with E-state index in [1.165, 1.54) is 6.08 Å². The van der Waals surface area contributed by atoms with Crippen LogP contribution in [0.4, 0.5) is 0 Å². The van der Waals surface area contributed by atoms with Gasteiger partial charge in [-0.3, -0.25) is 24.1 Å². The summed E-state index contributed by atoms with van der Waals surface area (Å²) in [5.41, 5.74) is 0.848. The van der Waals surface area contributed by atoms with Crippen molar-refractivity contribution >= 4 is 23.6 Å². The number of hydrogen-bond acceptors (Lipinski definition) is 7. The summed E-state index contributed by atoms with van der Waals surface area (Å²) >= 11 is 0. The fraction of sp³-hybridized carbons (Fsp3) is 0.455. The van der Waals surface area contributed by atoms with Gasteiger partial charge in [-0.15, -0.1) is 0 Å². The Morgan fingerprint density at radius 2 is 1.73 bits per heavy atom. The van der Waals surface area contributed by atoms with Crippen LogP contribution in [-0.4, -0.2) is 88.1 Å². The summed E-state index contributed by atoms with van der Waals surface area (Å²) in [6.07, 6.45) is 6.05. The van der Waals surface area contributed by atoms with E-state index in [4.69, 9.17) is 9.47 Å². The molecule has 0 saturated carbocycles. The van der Waals surface area contributed by atoms with E-state index < -0.39 is 5.41 Å². The maximum atomic E-state index is 13.5. The van der Waals surface area contributed by atoms with Crippen LogP contribution in [0.25, 0.3) is 0 Å². The van der Waals surface area contributed by atoms with Crippen LogP contribution in [0.1, 0.15) is 41.6 Å². The minimum Gasteiger partial charge on any atom is -0.497 e. The molecule has 1 saturated heterocycles. The molecule has 2 aromatic rings. The van der Waals surface area contributed by atoms with E-state index >= 15 is 0 Å². The average Bonchev–Trinajstić information content (AvgIpc) is 3.03. The molecule has 4 amide bonds. The summed E-state index contributed by atoms with van der Waals surface area (Å²) < 4.78 is 10.9. The molecule has 4 rings (SSSR count). The van der Waals surface area contributed by atoms with Gasteiger partial charge in [0.05, 0.1) is 31.2 Å². The molecule has 11 heteroatoms. The third kappa shape index (κ3) is 9.57. The fourth-order valence-electron chi connectivity index (χ4n) is 5.40. The lowest BCUT2D eigenvalue weighted by Gasteiger charge is -2.40. The number of benzene rings is 2. The maximum absolute atomic E-state index is 13.5. The zero-order valence-electron chi connectivity index (χ0n) is 25.4. The minimum atomic E-state index is -0.686. The number of nitrogens with one attached hydrogen (secondary N) is 4. The van der Waals surface area contributed by atoms with Crippen molar-refractivity contribution < 1.29 is 28.7 Å². The molecule has 236 valence electrons. The highest BCUT2D eigenvalue weighted by molar-refractivity contribution is 5.96. The van der Waals surface area contributed by atoms with Crippen LogP contribution in [0.15, 0.2) is 60.7 Å². The lowest BCUT2D eigenvalue weighted by Crippen LogP contribution is -2.50. The predicted molar refractivity (Wildman–Crippen MR) is 166 cm³/mol. The second-order valence-corrected chi connectivity index (χ2v) is 11.1. The molecule has 2 aromatic carbocycles. The number of nitrogens with zero attached hydrogens (tertiary/aromatic N) is 1. The van der Waals surface area contributed by atoms with Crippen LogP contribution in [0.2, 0.25) is 0 Å². The first-order valence-electron chi connectivity index (χ1n) is 15.2. The Kier molecular flexibility index (Phi) is 12.2. The number of rotatable bonds is 6. The van der Waals surface area contributed by atoms with Gasteiger partial charge in [-0.2, -0.15) is 0 Å². The van der Waals surface area contributed by atoms with Crippen LogP contribution in [-0.2, 0) is 20.8 Å². The molecule has 1 fully saturated rings. The van der Waals surface area contributed by atoms with Gasteiger partial charge in [0.1, 0.15) is 18.1 Å². The highest BCUT2D eigenvalue weighted by atomic mass is 16.5. The van der Waals surface area contributed by atoms with E-state index in [9.17, 15) is 19.2 Å². The molecule has 1 spiro atoms.